The number of aliphatic hydroxyl groups is 6. The van der Waals surface area contributed by atoms with E-state index in [1.54, 1.807) is 0 Å². The molecule has 2 saturated heterocycles. The Morgan fingerprint density at radius 3 is 2.23 bits per heavy atom. The summed E-state index contributed by atoms with van der Waals surface area (Å²) in [6, 6.07) is 0. The Morgan fingerprint density at radius 2 is 1.55 bits per heavy atom. The number of hydrogen-bond donors (Lipinski definition) is 7. The van der Waals surface area contributed by atoms with Crippen LogP contribution in [0, 0.1) is 56.7 Å². The molecule has 0 aromatic rings. The second kappa shape index (κ2) is 13.7. The molecule has 2 aliphatic heterocycles. The number of hydrogen-bond acceptors (Lipinski definition) is 11. The highest BCUT2D eigenvalue weighted by Gasteiger charge is 2.70. The van der Waals surface area contributed by atoms with Crippen molar-refractivity contribution in [2.45, 2.75) is 168 Å². The average Bonchev–Trinajstić information content (AvgIpc) is 3.10. The molecule has 7 N–H and O–H groups in total. The largest absolute Gasteiger partial charge is 0.481 e. The van der Waals surface area contributed by atoms with Crippen molar-refractivity contribution in [3.8, 4) is 0 Å². The standard InChI is InChI=1S/C41H66O12/c1-20-10-15-41(36(48)49)17-16-39(6)22(28(41)21(20)2)8-9-26-38(5)13-12-27(37(3,4)25(38)11-14-40(26,39)7)52-35-33(31(46)30(45)24(18-42)51-35)53-34-32(47)29(44)23(43)19-50-34/h8,20-21,23-35,42-47H,9-19H2,1-7H3,(H,48,49)/t20-,21+,23+,24-,25?,26-,27+,28?,29+,30+,31+,32-,33-,34+,35+,38+,39-,40-,41+/m1/s1. The maximum Gasteiger partial charge on any atom is 0.310 e. The predicted octanol–water partition coefficient (Wildman–Crippen LogP) is 3.38. The van der Waals surface area contributed by atoms with Gasteiger partial charge in [0.2, 0.25) is 0 Å². The van der Waals surface area contributed by atoms with E-state index < -0.39 is 73.3 Å². The number of aliphatic hydroxyl groups excluding tert-OH is 6. The summed E-state index contributed by atoms with van der Waals surface area (Å²) in [6.07, 6.45) is -2.66. The van der Waals surface area contributed by atoms with Gasteiger partial charge in [-0.1, -0.05) is 60.1 Å². The van der Waals surface area contributed by atoms with Gasteiger partial charge in [-0.25, -0.2) is 0 Å². The van der Waals surface area contributed by atoms with Crippen LogP contribution in [-0.4, -0.2) is 116 Å². The van der Waals surface area contributed by atoms with E-state index in [0.717, 1.165) is 51.4 Å². The smallest absolute Gasteiger partial charge is 0.310 e. The third-order valence-electron chi connectivity index (χ3n) is 17.2. The molecule has 302 valence electrons. The fraction of sp³-hybridized carbons (Fsp3) is 0.927. The molecule has 7 rings (SSSR count). The van der Waals surface area contributed by atoms with Crippen LogP contribution < -0.4 is 0 Å². The minimum Gasteiger partial charge on any atom is -0.481 e. The van der Waals surface area contributed by atoms with Crippen LogP contribution in [0.1, 0.15) is 106 Å². The zero-order valence-electron chi connectivity index (χ0n) is 32.7. The van der Waals surface area contributed by atoms with Gasteiger partial charge in [0.25, 0.3) is 0 Å². The first kappa shape index (κ1) is 40.0. The highest BCUT2D eigenvalue weighted by atomic mass is 16.8. The number of carboxylic acids is 1. The zero-order chi connectivity index (χ0) is 38.6. The molecule has 12 heteroatoms. The molecule has 0 amide bonds. The van der Waals surface area contributed by atoms with Crippen molar-refractivity contribution in [1.29, 1.82) is 0 Å². The van der Waals surface area contributed by atoms with E-state index in [0.29, 0.717) is 24.2 Å². The Hall–Kier alpha value is -1.19. The number of fused-ring (bicyclic) bond motifs is 7. The molecular weight excluding hydrogens is 684 g/mol. The van der Waals surface area contributed by atoms with Crippen molar-refractivity contribution in [3.63, 3.8) is 0 Å². The summed E-state index contributed by atoms with van der Waals surface area (Å²) in [5, 5.41) is 73.6. The molecule has 2 heterocycles. The van der Waals surface area contributed by atoms with Crippen LogP contribution in [-0.2, 0) is 23.7 Å². The van der Waals surface area contributed by atoms with Crippen LogP contribution in [0.3, 0.4) is 0 Å². The number of allylic oxidation sites excluding steroid dienone is 2. The maximum absolute atomic E-state index is 13.1. The SMILES string of the molecule is C[C@@H]1CC[C@]2(C(=O)O)CC[C@]3(C)C(=CC[C@@H]4[C@@]5(C)CC[C@H](O[C@@H]6O[C@H](CO)[C@H](O)[C@H](O)[C@H]6O[C@@H]6OC[C@H](O)[C@H](O)[C@H]6O)C(C)(C)C5CC[C@]43C)C2[C@H]1C. The van der Waals surface area contributed by atoms with E-state index in [-0.39, 0.29) is 46.2 Å². The molecule has 7 aliphatic rings. The van der Waals surface area contributed by atoms with Crippen molar-refractivity contribution in [3.05, 3.63) is 11.6 Å². The number of carboxylic acid groups (broad SMARTS) is 1. The molecule has 12 nitrogen and oxygen atoms in total. The lowest BCUT2D eigenvalue weighted by Crippen LogP contribution is -2.66. The maximum atomic E-state index is 13.1. The van der Waals surface area contributed by atoms with Crippen molar-refractivity contribution < 1.29 is 59.5 Å². The highest BCUT2D eigenvalue weighted by Crippen LogP contribution is 2.76. The summed E-state index contributed by atoms with van der Waals surface area (Å²) < 4.78 is 24.3. The van der Waals surface area contributed by atoms with Gasteiger partial charge in [-0.2, -0.15) is 0 Å². The van der Waals surface area contributed by atoms with Crippen LogP contribution in [0.15, 0.2) is 11.6 Å². The van der Waals surface area contributed by atoms with Crippen LogP contribution in [0.4, 0.5) is 0 Å². The Balaban J connectivity index is 1.15. The lowest BCUT2D eigenvalue weighted by atomic mass is 9.33. The van der Waals surface area contributed by atoms with E-state index in [2.05, 4.69) is 54.5 Å². The molecular formula is C41H66O12. The van der Waals surface area contributed by atoms with Crippen molar-refractivity contribution in [2.24, 2.45) is 56.7 Å². The molecule has 0 bridgehead atoms. The summed E-state index contributed by atoms with van der Waals surface area (Å²) >= 11 is 0. The van der Waals surface area contributed by atoms with Crippen LogP contribution in [0.25, 0.3) is 0 Å². The first-order valence-corrected chi connectivity index (χ1v) is 20.3. The lowest BCUT2D eigenvalue weighted by Gasteiger charge is -2.71. The summed E-state index contributed by atoms with van der Waals surface area (Å²) in [5.74, 6) is 0.901. The molecule has 53 heavy (non-hydrogen) atoms. The van der Waals surface area contributed by atoms with E-state index in [1.165, 1.54) is 5.57 Å². The summed E-state index contributed by atoms with van der Waals surface area (Å²) in [7, 11) is 0. The van der Waals surface area contributed by atoms with E-state index in [4.69, 9.17) is 18.9 Å². The van der Waals surface area contributed by atoms with Crippen LogP contribution in [0.2, 0.25) is 0 Å². The second-order valence-corrected chi connectivity index (χ2v) is 19.7. The number of carbonyl (C=O) groups is 1. The fourth-order valence-corrected chi connectivity index (χ4v) is 13.6. The topological polar surface area (TPSA) is 196 Å². The molecule has 0 aromatic heterocycles. The van der Waals surface area contributed by atoms with Crippen LogP contribution >= 0.6 is 0 Å². The number of ether oxygens (including phenoxy) is 4. The molecule has 19 atom stereocenters. The van der Waals surface area contributed by atoms with Gasteiger partial charge >= 0.3 is 5.97 Å². The van der Waals surface area contributed by atoms with Crippen molar-refractivity contribution >= 4 is 5.97 Å². The quantitative estimate of drug-likeness (QED) is 0.155. The second-order valence-electron chi connectivity index (χ2n) is 19.7. The summed E-state index contributed by atoms with van der Waals surface area (Å²) in [4.78, 5) is 13.1. The molecule has 0 aromatic carbocycles. The summed E-state index contributed by atoms with van der Waals surface area (Å²) in [5.41, 5.74) is 0.248. The Bertz CT molecular complexity index is 1420. The van der Waals surface area contributed by atoms with Gasteiger partial charge in [-0.3, -0.25) is 4.79 Å². The number of rotatable bonds is 6. The van der Waals surface area contributed by atoms with E-state index >= 15 is 0 Å². The average molecular weight is 751 g/mol. The molecule has 4 saturated carbocycles. The lowest BCUT2D eigenvalue weighted by molar-refractivity contribution is -0.370. The zero-order valence-corrected chi connectivity index (χ0v) is 32.7. The van der Waals surface area contributed by atoms with Gasteiger partial charge in [-0.05, 0) is 109 Å². The van der Waals surface area contributed by atoms with Gasteiger partial charge in [0, 0.05) is 0 Å². The molecule has 6 fully saturated rings. The monoisotopic (exact) mass is 750 g/mol. The van der Waals surface area contributed by atoms with Gasteiger partial charge in [0.05, 0.1) is 24.7 Å². The third-order valence-corrected chi connectivity index (χ3v) is 17.2. The first-order valence-electron chi connectivity index (χ1n) is 20.3. The minimum atomic E-state index is -1.62. The van der Waals surface area contributed by atoms with Gasteiger partial charge in [-0.15, -0.1) is 0 Å². The fourth-order valence-electron chi connectivity index (χ4n) is 13.6. The molecule has 0 spiro atoms. The van der Waals surface area contributed by atoms with Gasteiger partial charge < -0.3 is 54.7 Å². The molecule has 2 unspecified atom stereocenters. The van der Waals surface area contributed by atoms with E-state index in [9.17, 15) is 40.5 Å². The highest BCUT2D eigenvalue weighted by molar-refractivity contribution is 5.76. The molecule has 5 aliphatic carbocycles. The van der Waals surface area contributed by atoms with Crippen molar-refractivity contribution in [2.75, 3.05) is 13.2 Å². The third kappa shape index (κ3) is 5.77. The Morgan fingerprint density at radius 1 is 0.830 bits per heavy atom. The Labute approximate surface area is 314 Å². The van der Waals surface area contributed by atoms with E-state index in [1.807, 2.05) is 0 Å². The number of aliphatic carboxylic acids is 1. The summed E-state index contributed by atoms with van der Waals surface area (Å²) in [6.45, 7) is 15.6. The normalized spacial score (nSPS) is 55.1. The molecule has 0 radical (unpaired) electrons. The first-order chi connectivity index (χ1) is 24.8. The van der Waals surface area contributed by atoms with Gasteiger partial charge in [0.1, 0.15) is 42.7 Å². The minimum absolute atomic E-state index is 0.00381. The van der Waals surface area contributed by atoms with Crippen LogP contribution in [0.5, 0.6) is 0 Å². The van der Waals surface area contributed by atoms with Crippen molar-refractivity contribution in [1.82, 2.24) is 0 Å². The van der Waals surface area contributed by atoms with Gasteiger partial charge in [0.15, 0.2) is 12.6 Å². The predicted molar refractivity (Wildman–Crippen MR) is 192 cm³/mol. The Kier molecular flexibility index (Phi) is 10.4.